The van der Waals surface area contributed by atoms with Gasteiger partial charge < -0.3 is 13.8 Å². The topological polar surface area (TPSA) is 93.5 Å². The Morgan fingerprint density at radius 1 is 1.27 bits per heavy atom. The molecule has 22 heavy (non-hydrogen) atoms. The molecule has 1 unspecified atom stereocenters. The number of ether oxygens (including phenoxy) is 1. The second kappa shape index (κ2) is 8.20. The van der Waals surface area contributed by atoms with Crippen LogP contribution in [0.5, 0.6) is 5.75 Å². The van der Waals surface area contributed by atoms with E-state index in [0.29, 0.717) is 12.2 Å². The molecule has 0 saturated heterocycles. The molecule has 0 fully saturated rings. The zero-order chi connectivity index (χ0) is 16.6. The number of hydrogen-bond acceptors (Lipinski definition) is 5. The third-order valence-corrected chi connectivity index (χ3v) is 5.03. The SMILES string of the molecule is CCCC(C)(N=[N+]=[N-])Oc1ccc(CP(=O)(OC)OC)cc1. The van der Waals surface area contributed by atoms with Crippen molar-refractivity contribution < 1.29 is 18.3 Å². The summed E-state index contributed by atoms with van der Waals surface area (Å²) >= 11 is 0. The monoisotopic (exact) mass is 327 g/mol. The van der Waals surface area contributed by atoms with Gasteiger partial charge in [-0.15, -0.1) is 0 Å². The molecule has 0 heterocycles. The number of nitrogens with zero attached hydrogens (tertiary/aromatic N) is 3. The average molecular weight is 327 g/mol. The van der Waals surface area contributed by atoms with Crippen molar-refractivity contribution in [2.75, 3.05) is 14.2 Å². The van der Waals surface area contributed by atoms with Crippen molar-refractivity contribution in [3.05, 3.63) is 40.3 Å². The standard InChI is InChI=1S/C14H22N3O4P/c1-5-10-14(2,16-17-15)21-13-8-6-12(7-9-13)11-22(18,19-3)20-4/h6-9H,5,10-11H2,1-4H3. The van der Waals surface area contributed by atoms with E-state index in [0.717, 1.165) is 12.0 Å². The van der Waals surface area contributed by atoms with Crippen molar-refractivity contribution >= 4 is 7.60 Å². The molecular weight excluding hydrogens is 305 g/mol. The van der Waals surface area contributed by atoms with Crippen LogP contribution < -0.4 is 4.74 Å². The molecule has 0 amide bonds. The van der Waals surface area contributed by atoms with E-state index >= 15 is 0 Å². The van der Waals surface area contributed by atoms with Crippen molar-refractivity contribution in [3.63, 3.8) is 0 Å². The fraction of sp³-hybridized carbons (Fsp3) is 0.571. The van der Waals surface area contributed by atoms with E-state index in [4.69, 9.17) is 19.3 Å². The van der Waals surface area contributed by atoms with E-state index < -0.39 is 13.3 Å². The smallest absolute Gasteiger partial charge is 0.334 e. The van der Waals surface area contributed by atoms with Crippen LogP contribution >= 0.6 is 7.60 Å². The van der Waals surface area contributed by atoms with E-state index in [2.05, 4.69) is 10.0 Å². The van der Waals surface area contributed by atoms with Gasteiger partial charge in [0.2, 0.25) is 0 Å². The number of benzene rings is 1. The average Bonchev–Trinajstić information content (AvgIpc) is 2.49. The Bertz CT molecular complexity index is 564. The summed E-state index contributed by atoms with van der Waals surface area (Å²) in [4.78, 5) is 2.84. The van der Waals surface area contributed by atoms with Gasteiger partial charge in [-0.3, -0.25) is 4.57 Å². The van der Waals surface area contributed by atoms with Gasteiger partial charge in [-0.05, 0) is 41.7 Å². The Hall–Kier alpha value is -1.52. The third-order valence-electron chi connectivity index (χ3n) is 3.16. The van der Waals surface area contributed by atoms with E-state index in [-0.39, 0.29) is 6.16 Å². The molecule has 0 aromatic heterocycles. The van der Waals surface area contributed by atoms with Crippen LogP contribution in [0.25, 0.3) is 10.4 Å². The van der Waals surface area contributed by atoms with Crippen molar-refractivity contribution in [1.29, 1.82) is 0 Å². The maximum absolute atomic E-state index is 12.1. The van der Waals surface area contributed by atoms with Gasteiger partial charge in [0.25, 0.3) is 0 Å². The Morgan fingerprint density at radius 2 is 1.86 bits per heavy atom. The zero-order valence-corrected chi connectivity index (χ0v) is 14.2. The lowest BCUT2D eigenvalue weighted by Gasteiger charge is -2.25. The molecule has 0 saturated carbocycles. The van der Waals surface area contributed by atoms with Crippen molar-refractivity contribution in [3.8, 4) is 5.75 Å². The molecule has 1 aromatic carbocycles. The second-order valence-electron chi connectivity index (χ2n) is 4.99. The lowest BCUT2D eigenvalue weighted by Crippen LogP contribution is -2.28. The van der Waals surface area contributed by atoms with Crippen LogP contribution in [0.3, 0.4) is 0 Å². The van der Waals surface area contributed by atoms with Gasteiger partial charge >= 0.3 is 7.60 Å². The van der Waals surface area contributed by atoms with E-state index in [1.165, 1.54) is 14.2 Å². The molecule has 0 aliphatic heterocycles. The molecular formula is C14H22N3O4P. The second-order valence-corrected chi connectivity index (χ2v) is 7.26. The predicted molar refractivity (Wildman–Crippen MR) is 84.9 cm³/mol. The van der Waals surface area contributed by atoms with Crippen molar-refractivity contribution in [1.82, 2.24) is 0 Å². The van der Waals surface area contributed by atoms with Crippen molar-refractivity contribution in [2.45, 2.75) is 38.6 Å². The first-order valence-electron chi connectivity index (χ1n) is 6.95. The summed E-state index contributed by atoms with van der Waals surface area (Å²) in [6.07, 6.45) is 1.63. The molecule has 1 atom stereocenters. The first kappa shape index (κ1) is 18.5. The number of azide groups is 1. The van der Waals surface area contributed by atoms with Crippen LogP contribution in [0.2, 0.25) is 0 Å². The van der Waals surface area contributed by atoms with Gasteiger partial charge in [0.15, 0.2) is 5.72 Å². The van der Waals surface area contributed by atoms with E-state index in [9.17, 15) is 4.57 Å². The molecule has 0 radical (unpaired) electrons. The molecule has 0 bridgehead atoms. The summed E-state index contributed by atoms with van der Waals surface area (Å²) in [5.41, 5.74) is 8.54. The van der Waals surface area contributed by atoms with Gasteiger partial charge in [0.05, 0.1) is 6.16 Å². The Labute approximate surface area is 130 Å². The Morgan fingerprint density at radius 3 is 2.32 bits per heavy atom. The van der Waals surface area contributed by atoms with Crippen molar-refractivity contribution in [2.24, 2.45) is 5.11 Å². The highest BCUT2D eigenvalue weighted by molar-refractivity contribution is 7.52. The summed E-state index contributed by atoms with van der Waals surface area (Å²) in [6, 6.07) is 7.04. The highest BCUT2D eigenvalue weighted by Gasteiger charge is 2.24. The Balaban J connectivity index is 2.84. The predicted octanol–water partition coefficient (Wildman–Crippen LogP) is 4.88. The van der Waals surface area contributed by atoms with Crippen LogP contribution in [0, 0.1) is 0 Å². The molecule has 0 N–H and O–H groups in total. The first-order chi connectivity index (χ1) is 10.4. The molecule has 122 valence electrons. The minimum atomic E-state index is -3.09. The minimum absolute atomic E-state index is 0.183. The molecule has 1 aromatic rings. The van der Waals surface area contributed by atoms with Crippen LogP contribution in [0.15, 0.2) is 29.4 Å². The molecule has 7 nitrogen and oxygen atoms in total. The maximum Gasteiger partial charge on any atom is 0.334 e. The van der Waals surface area contributed by atoms with Crippen LogP contribution in [0.1, 0.15) is 32.3 Å². The number of hydrogen-bond donors (Lipinski definition) is 0. The lowest BCUT2D eigenvalue weighted by molar-refractivity contribution is 0.0857. The lowest BCUT2D eigenvalue weighted by atomic mass is 10.1. The molecule has 0 spiro atoms. The molecule has 1 rings (SSSR count). The summed E-state index contributed by atoms with van der Waals surface area (Å²) in [5.74, 6) is 0.580. The highest BCUT2D eigenvalue weighted by Crippen LogP contribution is 2.49. The Kier molecular flexibility index (Phi) is 6.91. The molecule has 8 heteroatoms. The minimum Gasteiger partial charge on any atom is -0.481 e. The molecule has 0 aliphatic rings. The van der Waals surface area contributed by atoms with Gasteiger partial charge in [0.1, 0.15) is 5.75 Å². The summed E-state index contributed by atoms with van der Waals surface area (Å²) in [5, 5.41) is 3.72. The normalized spacial score (nSPS) is 14.0. The summed E-state index contributed by atoms with van der Waals surface area (Å²) in [6.45, 7) is 3.73. The van der Waals surface area contributed by atoms with E-state index in [1.54, 1.807) is 31.2 Å². The van der Waals surface area contributed by atoms with Crippen LogP contribution in [-0.4, -0.2) is 19.9 Å². The number of rotatable bonds is 9. The van der Waals surface area contributed by atoms with Gasteiger partial charge in [0, 0.05) is 19.1 Å². The summed E-state index contributed by atoms with van der Waals surface area (Å²) in [7, 11) is -0.370. The van der Waals surface area contributed by atoms with Gasteiger partial charge in [-0.1, -0.05) is 25.5 Å². The summed E-state index contributed by atoms with van der Waals surface area (Å²) < 4.78 is 27.7. The largest absolute Gasteiger partial charge is 0.481 e. The van der Waals surface area contributed by atoms with Gasteiger partial charge in [-0.2, -0.15) is 0 Å². The van der Waals surface area contributed by atoms with Gasteiger partial charge in [-0.25, -0.2) is 0 Å². The maximum atomic E-state index is 12.1. The first-order valence-corrected chi connectivity index (χ1v) is 8.68. The molecule has 0 aliphatic carbocycles. The highest BCUT2D eigenvalue weighted by atomic mass is 31.2. The quantitative estimate of drug-likeness (QED) is 0.279. The fourth-order valence-electron chi connectivity index (χ4n) is 2.02. The zero-order valence-electron chi connectivity index (χ0n) is 13.4. The third kappa shape index (κ3) is 5.35. The van der Waals surface area contributed by atoms with E-state index in [1.807, 2.05) is 6.92 Å². The van der Waals surface area contributed by atoms with Crippen LogP contribution in [-0.2, 0) is 19.8 Å². The fourth-order valence-corrected chi connectivity index (χ4v) is 3.09. The van der Waals surface area contributed by atoms with Crippen LogP contribution in [0.4, 0.5) is 0 Å².